The molecule has 28 heavy (non-hydrogen) atoms. The van der Waals surface area contributed by atoms with Gasteiger partial charge in [-0.3, -0.25) is 0 Å². The van der Waals surface area contributed by atoms with Gasteiger partial charge in [-0.15, -0.1) is 0 Å². The number of anilines is 1. The molecule has 144 valence electrons. The van der Waals surface area contributed by atoms with E-state index in [2.05, 4.69) is 28.9 Å². The Kier molecular flexibility index (Phi) is 5.49. The van der Waals surface area contributed by atoms with Crippen LogP contribution in [0.4, 0.5) is 5.69 Å². The first-order valence-electron chi connectivity index (χ1n) is 9.43. The van der Waals surface area contributed by atoms with Gasteiger partial charge in [-0.25, -0.2) is 0 Å². The molecule has 4 aromatic rings. The van der Waals surface area contributed by atoms with E-state index < -0.39 is 6.10 Å². The van der Waals surface area contributed by atoms with Crippen molar-refractivity contribution in [3.8, 4) is 0 Å². The molecule has 0 aliphatic rings. The first kappa shape index (κ1) is 19.1. The van der Waals surface area contributed by atoms with Crippen molar-refractivity contribution < 1.29 is 5.11 Å². The normalized spacial score (nSPS) is 12.6. The molecule has 0 bridgehead atoms. The number of nitrogens with zero attached hydrogens (tertiary/aromatic N) is 1. The smallest absolute Gasteiger partial charge is 0.0891 e. The van der Waals surface area contributed by atoms with E-state index in [1.807, 2.05) is 48.5 Å². The predicted octanol–water partition coefficient (Wildman–Crippen LogP) is 6.14. The molecule has 2 N–H and O–H groups in total. The topological polar surface area (TPSA) is 37.2 Å². The molecule has 0 spiro atoms. The van der Waals surface area contributed by atoms with Crippen molar-refractivity contribution >= 4 is 50.7 Å². The van der Waals surface area contributed by atoms with Gasteiger partial charge in [0, 0.05) is 44.1 Å². The van der Waals surface area contributed by atoms with Crippen molar-refractivity contribution in [1.29, 1.82) is 0 Å². The van der Waals surface area contributed by atoms with Gasteiger partial charge in [-0.05, 0) is 54.4 Å². The third kappa shape index (κ3) is 3.70. The minimum Gasteiger partial charge on any atom is -0.389 e. The van der Waals surface area contributed by atoms with Gasteiger partial charge in [0.1, 0.15) is 0 Å². The average molecular weight is 413 g/mol. The number of benzene rings is 3. The van der Waals surface area contributed by atoms with Crippen molar-refractivity contribution in [2.45, 2.75) is 26.0 Å². The molecule has 3 aromatic carbocycles. The van der Waals surface area contributed by atoms with Crippen LogP contribution in [-0.4, -0.2) is 22.3 Å². The third-order valence-electron chi connectivity index (χ3n) is 5.11. The summed E-state index contributed by atoms with van der Waals surface area (Å²) in [6.45, 7) is 3.08. The van der Waals surface area contributed by atoms with E-state index in [1.165, 1.54) is 5.56 Å². The van der Waals surface area contributed by atoms with E-state index >= 15 is 0 Å². The number of nitrogens with one attached hydrogen (secondary N) is 1. The highest BCUT2D eigenvalue weighted by molar-refractivity contribution is 6.33. The molecule has 0 aliphatic heterocycles. The fraction of sp³-hybridized carbons (Fsp3) is 0.217. The number of para-hydroxylation sites is 1. The van der Waals surface area contributed by atoms with Crippen LogP contribution in [0.2, 0.25) is 10.0 Å². The molecule has 3 nitrogen and oxygen atoms in total. The molecule has 4 rings (SSSR count). The number of aryl methyl sites for hydroxylation is 1. The zero-order chi connectivity index (χ0) is 19.7. The lowest BCUT2D eigenvalue weighted by Gasteiger charge is -2.17. The van der Waals surface area contributed by atoms with Crippen molar-refractivity contribution in [1.82, 2.24) is 4.57 Å². The number of fused-ring (bicyclic) bond motifs is 3. The van der Waals surface area contributed by atoms with Crippen LogP contribution < -0.4 is 5.32 Å². The lowest BCUT2D eigenvalue weighted by Crippen LogP contribution is -2.25. The van der Waals surface area contributed by atoms with Crippen molar-refractivity contribution in [2.24, 2.45) is 0 Å². The Morgan fingerprint density at radius 3 is 2.14 bits per heavy atom. The van der Waals surface area contributed by atoms with Gasteiger partial charge in [-0.1, -0.05) is 48.3 Å². The molecule has 1 aromatic heterocycles. The maximum atomic E-state index is 10.7. The third-order valence-corrected chi connectivity index (χ3v) is 5.58. The number of hydrogen-bond donors (Lipinski definition) is 2. The number of aliphatic hydroxyl groups excluding tert-OH is 1. The zero-order valence-electron chi connectivity index (χ0n) is 15.6. The Hall–Kier alpha value is -2.20. The summed E-state index contributed by atoms with van der Waals surface area (Å²) in [5.41, 5.74) is 4.39. The zero-order valence-corrected chi connectivity index (χ0v) is 17.1. The Labute approximate surface area is 174 Å². The van der Waals surface area contributed by atoms with Crippen LogP contribution in [0, 0.1) is 0 Å². The van der Waals surface area contributed by atoms with Crippen LogP contribution in [-0.2, 0) is 13.0 Å². The van der Waals surface area contributed by atoms with Crippen LogP contribution in [0.3, 0.4) is 0 Å². The molecule has 0 fully saturated rings. The van der Waals surface area contributed by atoms with Crippen LogP contribution >= 0.6 is 23.2 Å². The van der Waals surface area contributed by atoms with E-state index in [0.29, 0.717) is 23.1 Å². The monoisotopic (exact) mass is 412 g/mol. The largest absolute Gasteiger partial charge is 0.389 e. The van der Waals surface area contributed by atoms with Crippen molar-refractivity contribution in [3.63, 3.8) is 0 Å². The highest BCUT2D eigenvalue weighted by Gasteiger charge is 2.15. The predicted molar refractivity (Wildman–Crippen MR) is 120 cm³/mol. The van der Waals surface area contributed by atoms with Crippen molar-refractivity contribution in [3.05, 3.63) is 76.3 Å². The molecule has 0 saturated heterocycles. The van der Waals surface area contributed by atoms with Gasteiger partial charge in [0.2, 0.25) is 0 Å². The van der Waals surface area contributed by atoms with E-state index in [9.17, 15) is 5.11 Å². The molecule has 0 amide bonds. The van der Waals surface area contributed by atoms with Gasteiger partial charge in [0.25, 0.3) is 0 Å². The lowest BCUT2D eigenvalue weighted by molar-refractivity contribution is 0.169. The molecule has 0 radical (unpaired) electrons. The SMILES string of the molecule is CCc1ccccc1NC[C@@H](O)Cn1c2ccc(Cl)cc2c2cc(Cl)ccc21. The fourth-order valence-electron chi connectivity index (χ4n) is 3.75. The minimum absolute atomic E-state index is 0.472. The number of aliphatic hydroxyl groups is 1. The van der Waals surface area contributed by atoms with Crippen LogP contribution in [0.1, 0.15) is 12.5 Å². The number of aromatic nitrogens is 1. The first-order valence-corrected chi connectivity index (χ1v) is 10.2. The van der Waals surface area contributed by atoms with Gasteiger partial charge >= 0.3 is 0 Å². The second-order valence-electron chi connectivity index (χ2n) is 6.98. The molecule has 0 saturated carbocycles. The standard InChI is InChI=1S/C23H22Cl2N2O/c1-2-15-5-3-4-6-21(15)26-13-18(28)14-27-22-9-7-16(24)11-19(22)20-12-17(25)8-10-23(20)27/h3-12,18,26,28H,2,13-14H2,1H3/t18-/m1/s1. The fourth-order valence-corrected chi connectivity index (χ4v) is 4.09. The first-order chi connectivity index (χ1) is 13.6. The van der Waals surface area contributed by atoms with Gasteiger partial charge in [0.05, 0.1) is 12.6 Å². The Morgan fingerprint density at radius 1 is 0.929 bits per heavy atom. The molecule has 5 heteroatoms. The molecule has 1 atom stereocenters. The van der Waals surface area contributed by atoms with E-state index in [-0.39, 0.29) is 0 Å². The Morgan fingerprint density at radius 2 is 1.54 bits per heavy atom. The van der Waals surface area contributed by atoms with Crippen LogP contribution in [0.25, 0.3) is 21.8 Å². The van der Waals surface area contributed by atoms with E-state index in [4.69, 9.17) is 23.2 Å². The highest BCUT2D eigenvalue weighted by atomic mass is 35.5. The Bertz CT molecular complexity index is 1080. The summed E-state index contributed by atoms with van der Waals surface area (Å²) in [6, 6.07) is 19.9. The van der Waals surface area contributed by atoms with Crippen molar-refractivity contribution in [2.75, 3.05) is 11.9 Å². The van der Waals surface area contributed by atoms with E-state index in [0.717, 1.165) is 33.9 Å². The van der Waals surface area contributed by atoms with Gasteiger partial charge in [-0.2, -0.15) is 0 Å². The summed E-state index contributed by atoms with van der Waals surface area (Å²) in [6.07, 6.45) is 0.406. The summed E-state index contributed by atoms with van der Waals surface area (Å²) < 4.78 is 2.13. The molecule has 0 aliphatic carbocycles. The molecule has 0 unspecified atom stereocenters. The number of rotatable bonds is 6. The minimum atomic E-state index is -0.546. The van der Waals surface area contributed by atoms with Crippen LogP contribution in [0.15, 0.2) is 60.7 Å². The summed E-state index contributed by atoms with van der Waals surface area (Å²) in [5.74, 6) is 0. The van der Waals surface area contributed by atoms with E-state index in [1.54, 1.807) is 0 Å². The summed E-state index contributed by atoms with van der Waals surface area (Å²) in [5, 5.41) is 17.6. The summed E-state index contributed by atoms with van der Waals surface area (Å²) >= 11 is 12.4. The van der Waals surface area contributed by atoms with Gasteiger partial charge in [0.15, 0.2) is 0 Å². The maximum absolute atomic E-state index is 10.7. The lowest BCUT2D eigenvalue weighted by atomic mass is 10.1. The molecular weight excluding hydrogens is 391 g/mol. The second-order valence-corrected chi connectivity index (χ2v) is 7.85. The molecule has 1 heterocycles. The second kappa shape index (κ2) is 8.04. The van der Waals surface area contributed by atoms with Crippen LogP contribution in [0.5, 0.6) is 0 Å². The van der Waals surface area contributed by atoms with Gasteiger partial charge < -0.3 is 15.0 Å². The number of halogens is 2. The summed E-state index contributed by atoms with van der Waals surface area (Å²) in [7, 11) is 0. The number of hydrogen-bond acceptors (Lipinski definition) is 2. The average Bonchev–Trinajstić information content (AvgIpc) is 2.98. The maximum Gasteiger partial charge on any atom is 0.0891 e. The Balaban J connectivity index is 1.63. The molecular formula is C23H22Cl2N2O. The highest BCUT2D eigenvalue weighted by Crippen LogP contribution is 2.33. The summed E-state index contributed by atoms with van der Waals surface area (Å²) in [4.78, 5) is 0. The quantitative estimate of drug-likeness (QED) is 0.399.